The monoisotopic (exact) mass is 510 g/mol. The molecule has 36 heavy (non-hydrogen) atoms. The van der Waals surface area contributed by atoms with E-state index in [2.05, 4.69) is 38.6 Å². The van der Waals surface area contributed by atoms with Crippen LogP contribution in [-0.2, 0) is 14.3 Å². The molecule has 2 aromatic carbocycles. The number of carboxylic acid groups (broad SMARTS) is 2. The molecule has 0 radical (unpaired) electrons. The van der Waals surface area contributed by atoms with Gasteiger partial charge in [-0.1, -0.05) is 48.5 Å². The van der Waals surface area contributed by atoms with Gasteiger partial charge in [0.2, 0.25) is 0 Å². The highest BCUT2D eigenvalue weighted by atomic mass is 19.4. The number of nitrogens with one attached hydrogen (secondary N) is 1. The maximum absolute atomic E-state index is 12.3. The predicted octanol–water partition coefficient (Wildman–Crippen LogP) is 2.76. The molecule has 0 unspecified atom stereocenters. The van der Waals surface area contributed by atoms with E-state index in [1.807, 2.05) is 36.4 Å². The lowest BCUT2D eigenvalue weighted by molar-refractivity contribution is -0.870. The normalized spacial score (nSPS) is 13.5. The van der Waals surface area contributed by atoms with E-state index in [0.29, 0.717) is 12.8 Å². The molecule has 11 heteroatoms. The van der Waals surface area contributed by atoms with E-state index >= 15 is 0 Å². The number of amides is 1. The third kappa shape index (κ3) is 8.26. The summed E-state index contributed by atoms with van der Waals surface area (Å²) < 4.78 is 37.7. The Balaban J connectivity index is 0.000000572. The van der Waals surface area contributed by atoms with E-state index in [1.165, 1.54) is 0 Å². The van der Waals surface area contributed by atoms with Gasteiger partial charge in [-0.25, -0.2) is 9.59 Å². The lowest BCUT2D eigenvalue weighted by Gasteiger charge is -2.24. The van der Waals surface area contributed by atoms with E-state index in [0.717, 1.165) is 33.3 Å². The summed E-state index contributed by atoms with van der Waals surface area (Å²) >= 11 is 0. The van der Waals surface area contributed by atoms with Gasteiger partial charge in [0.05, 0.1) is 27.7 Å². The predicted molar refractivity (Wildman–Crippen MR) is 123 cm³/mol. The Kier molecular flexibility index (Phi) is 9.46. The Morgan fingerprint density at radius 1 is 1.03 bits per heavy atom. The maximum atomic E-state index is 12.3. The van der Waals surface area contributed by atoms with Gasteiger partial charge in [-0.2, -0.15) is 13.2 Å². The summed E-state index contributed by atoms with van der Waals surface area (Å²) in [6, 6.07) is 15.2. The molecular weight excluding hydrogens is 481 g/mol. The largest absolute Gasteiger partial charge is 0.542 e. The minimum Gasteiger partial charge on any atom is -0.542 e. The lowest BCUT2D eigenvalue weighted by Crippen LogP contribution is -2.42. The number of benzene rings is 2. The number of ether oxygens (including phenoxy) is 1. The molecule has 0 aliphatic heterocycles. The molecule has 1 aliphatic rings. The number of carbonyl (C=O) groups is 3. The SMILES string of the molecule is C[N+](C)(C)CCC[C@H](NC(=O)OCC1c2ccccc2-c2ccccc21)C(=O)O.O=C([O-])C(F)(F)F. The molecule has 196 valence electrons. The average Bonchev–Trinajstić information content (AvgIpc) is 3.09. The van der Waals surface area contributed by atoms with Crippen LogP contribution < -0.4 is 10.4 Å². The Hall–Kier alpha value is -3.60. The molecule has 0 saturated heterocycles. The fraction of sp³-hybridized carbons (Fsp3) is 0.400. The molecule has 1 amide bonds. The molecule has 2 N–H and O–H groups in total. The summed E-state index contributed by atoms with van der Waals surface area (Å²) in [4.78, 5) is 32.6. The van der Waals surface area contributed by atoms with Crippen LogP contribution in [0.4, 0.5) is 18.0 Å². The van der Waals surface area contributed by atoms with Crippen LogP contribution in [0.25, 0.3) is 11.1 Å². The first-order valence-electron chi connectivity index (χ1n) is 11.1. The maximum Gasteiger partial charge on any atom is 0.430 e. The second kappa shape index (κ2) is 11.9. The smallest absolute Gasteiger partial charge is 0.430 e. The van der Waals surface area contributed by atoms with Crippen LogP contribution in [0.15, 0.2) is 48.5 Å². The van der Waals surface area contributed by atoms with Crippen molar-refractivity contribution in [2.75, 3.05) is 34.3 Å². The molecule has 0 aromatic heterocycles. The number of nitrogens with zero attached hydrogens (tertiary/aromatic N) is 1. The number of quaternary nitrogens is 1. The van der Waals surface area contributed by atoms with Crippen molar-refractivity contribution in [1.82, 2.24) is 5.32 Å². The van der Waals surface area contributed by atoms with Crippen molar-refractivity contribution < 1.29 is 47.0 Å². The van der Waals surface area contributed by atoms with E-state index in [1.54, 1.807) is 0 Å². The van der Waals surface area contributed by atoms with Crippen LogP contribution in [0.3, 0.4) is 0 Å². The number of halogens is 3. The van der Waals surface area contributed by atoms with Gasteiger partial charge in [0.25, 0.3) is 0 Å². The molecule has 0 bridgehead atoms. The van der Waals surface area contributed by atoms with Gasteiger partial charge in [0.15, 0.2) is 0 Å². The average molecular weight is 511 g/mol. The third-order valence-electron chi connectivity index (χ3n) is 5.49. The molecule has 0 heterocycles. The van der Waals surface area contributed by atoms with Gasteiger partial charge in [0, 0.05) is 5.92 Å². The summed E-state index contributed by atoms with van der Waals surface area (Å²) in [6.07, 6.45) is -4.82. The second-order valence-electron chi connectivity index (χ2n) is 9.30. The second-order valence-corrected chi connectivity index (χ2v) is 9.30. The van der Waals surface area contributed by atoms with Gasteiger partial charge in [-0.3, -0.25) is 0 Å². The van der Waals surface area contributed by atoms with E-state index in [9.17, 15) is 27.9 Å². The number of carboxylic acids is 2. The molecule has 0 fully saturated rings. The van der Waals surface area contributed by atoms with Gasteiger partial charge in [-0.15, -0.1) is 0 Å². The molecule has 0 saturated carbocycles. The van der Waals surface area contributed by atoms with Crippen LogP contribution in [-0.4, -0.2) is 74.1 Å². The molecule has 1 atom stereocenters. The lowest BCUT2D eigenvalue weighted by atomic mass is 9.98. The van der Waals surface area contributed by atoms with Crippen LogP contribution in [0.5, 0.6) is 0 Å². The molecule has 3 rings (SSSR count). The minimum absolute atomic E-state index is 0.0466. The first-order chi connectivity index (χ1) is 16.7. The summed E-state index contributed by atoms with van der Waals surface area (Å²) in [5.41, 5.74) is 4.56. The molecular formula is C25H29F3N2O6. The Bertz CT molecular complexity index is 1040. The van der Waals surface area contributed by atoms with Crippen LogP contribution in [0.2, 0.25) is 0 Å². The van der Waals surface area contributed by atoms with Gasteiger partial charge >= 0.3 is 18.2 Å². The summed E-state index contributed by atoms with van der Waals surface area (Å²) in [6.45, 7) is 1.00. The zero-order chi connectivity index (χ0) is 27.1. The van der Waals surface area contributed by atoms with Crippen molar-refractivity contribution in [2.45, 2.75) is 31.0 Å². The van der Waals surface area contributed by atoms with Crippen molar-refractivity contribution in [3.8, 4) is 11.1 Å². The van der Waals surface area contributed by atoms with E-state index in [-0.39, 0.29) is 12.5 Å². The number of carbonyl (C=O) groups excluding carboxylic acids is 2. The van der Waals surface area contributed by atoms with Crippen LogP contribution >= 0.6 is 0 Å². The molecule has 1 aliphatic carbocycles. The quantitative estimate of drug-likeness (QED) is 0.528. The number of hydrogen-bond donors (Lipinski definition) is 2. The highest BCUT2D eigenvalue weighted by Gasteiger charge is 2.30. The van der Waals surface area contributed by atoms with Crippen molar-refractivity contribution in [2.24, 2.45) is 0 Å². The number of hydrogen-bond acceptors (Lipinski definition) is 5. The van der Waals surface area contributed by atoms with Crippen molar-refractivity contribution in [1.29, 1.82) is 0 Å². The van der Waals surface area contributed by atoms with Crippen LogP contribution in [0.1, 0.15) is 29.9 Å². The standard InChI is InChI=1S/C23H28N2O4.C2HF3O2/c1-25(2,3)14-8-13-21(22(26)27)24-23(28)29-15-20-18-11-6-4-9-16(18)17-10-5-7-12-19(17)20;3-2(4,5)1(6)7/h4-7,9-12,20-21H,8,13-15H2,1-3H3,(H-,24,26,27,28);(H,6,7)/t21-;/m0./s1. The Labute approximate surface area is 206 Å². The van der Waals surface area contributed by atoms with Gasteiger partial charge < -0.3 is 29.5 Å². The van der Waals surface area contributed by atoms with Crippen molar-refractivity contribution in [3.63, 3.8) is 0 Å². The summed E-state index contributed by atoms with van der Waals surface area (Å²) in [5, 5.41) is 20.7. The number of alkyl halides is 3. The zero-order valence-electron chi connectivity index (χ0n) is 20.2. The molecule has 0 spiro atoms. The number of fused-ring (bicyclic) bond motifs is 3. The third-order valence-corrected chi connectivity index (χ3v) is 5.49. The topological polar surface area (TPSA) is 116 Å². The van der Waals surface area contributed by atoms with E-state index in [4.69, 9.17) is 14.6 Å². The summed E-state index contributed by atoms with van der Waals surface area (Å²) in [7, 11) is 6.15. The highest BCUT2D eigenvalue weighted by molar-refractivity contribution is 5.81. The van der Waals surface area contributed by atoms with Gasteiger partial charge in [0.1, 0.15) is 18.6 Å². The first kappa shape index (κ1) is 28.6. The van der Waals surface area contributed by atoms with Crippen LogP contribution in [0, 0.1) is 0 Å². The fourth-order valence-electron chi connectivity index (χ4n) is 3.81. The van der Waals surface area contributed by atoms with Crippen molar-refractivity contribution in [3.05, 3.63) is 59.7 Å². The van der Waals surface area contributed by atoms with Gasteiger partial charge in [-0.05, 0) is 35.1 Å². The fourth-order valence-corrected chi connectivity index (χ4v) is 3.81. The molecule has 8 nitrogen and oxygen atoms in total. The molecule has 2 aromatic rings. The zero-order valence-corrected chi connectivity index (χ0v) is 20.2. The first-order valence-corrected chi connectivity index (χ1v) is 11.1. The Morgan fingerprint density at radius 3 is 1.92 bits per heavy atom. The number of alkyl carbamates (subject to hydrolysis) is 1. The summed E-state index contributed by atoms with van der Waals surface area (Å²) in [5.74, 6) is -4.10. The minimum atomic E-state index is -5.19. The number of aliphatic carboxylic acids is 2. The highest BCUT2D eigenvalue weighted by Crippen LogP contribution is 2.44. The number of rotatable bonds is 8. The van der Waals surface area contributed by atoms with E-state index < -0.39 is 30.2 Å². The Morgan fingerprint density at radius 2 is 1.50 bits per heavy atom. The van der Waals surface area contributed by atoms with Crippen molar-refractivity contribution >= 4 is 18.0 Å².